The number of nitrogen functional groups attached to an aromatic ring is 1. The molecule has 6 nitrogen and oxygen atoms in total. The first kappa shape index (κ1) is 13.7. The van der Waals surface area contributed by atoms with Crippen molar-refractivity contribution in [2.75, 3.05) is 25.3 Å². The summed E-state index contributed by atoms with van der Waals surface area (Å²) in [5.74, 6) is 1.00. The second-order valence-corrected chi connectivity index (χ2v) is 3.99. The molecule has 20 heavy (non-hydrogen) atoms. The summed E-state index contributed by atoms with van der Waals surface area (Å²) in [5, 5.41) is 2.73. The molecule has 0 saturated heterocycles. The Labute approximate surface area is 116 Å². The van der Waals surface area contributed by atoms with Crippen LogP contribution in [0.2, 0.25) is 0 Å². The van der Waals surface area contributed by atoms with Crippen LogP contribution in [0.1, 0.15) is 10.4 Å². The molecule has 104 valence electrons. The van der Waals surface area contributed by atoms with Crippen molar-refractivity contribution in [3.8, 4) is 11.5 Å². The van der Waals surface area contributed by atoms with Crippen molar-refractivity contribution < 1.29 is 14.3 Å². The molecule has 1 amide bonds. The first-order chi connectivity index (χ1) is 9.63. The molecule has 2 rings (SSSR count). The van der Waals surface area contributed by atoms with Crippen molar-refractivity contribution in [2.24, 2.45) is 0 Å². The average Bonchev–Trinajstić information content (AvgIpc) is 2.47. The van der Waals surface area contributed by atoms with E-state index in [1.165, 1.54) is 6.20 Å². The minimum Gasteiger partial charge on any atom is -0.497 e. The van der Waals surface area contributed by atoms with Crippen molar-refractivity contribution in [3.05, 3.63) is 42.1 Å². The molecule has 2 aromatic rings. The third kappa shape index (κ3) is 2.97. The number of rotatable bonds is 4. The second-order valence-electron chi connectivity index (χ2n) is 3.99. The lowest BCUT2D eigenvalue weighted by molar-refractivity contribution is 0.102. The largest absolute Gasteiger partial charge is 0.497 e. The van der Waals surface area contributed by atoms with E-state index in [1.807, 2.05) is 0 Å². The number of anilines is 2. The van der Waals surface area contributed by atoms with Crippen LogP contribution in [0, 0.1) is 0 Å². The summed E-state index contributed by atoms with van der Waals surface area (Å²) in [7, 11) is 3.08. The molecule has 0 atom stereocenters. The Balaban J connectivity index is 2.26. The molecule has 0 aliphatic rings. The van der Waals surface area contributed by atoms with Crippen molar-refractivity contribution in [3.63, 3.8) is 0 Å². The highest BCUT2D eigenvalue weighted by molar-refractivity contribution is 6.07. The summed E-state index contributed by atoms with van der Waals surface area (Å²) in [6.45, 7) is 0. The fourth-order valence-corrected chi connectivity index (χ4v) is 1.69. The smallest absolute Gasteiger partial charge is 0.259 e. The van der Waals surface area contributed by atoms with Crippen molar-refractivity contribution in [2.45, 2.75) is 0 Å². The number of amides is 1. The van der Waals surface area contributed by atoms with Crippen LogP contribution < -0.4 is 20.5 Å². The predicted molar refractivity (Wildman–Crippen MR) is 76.1 cm³/mol. The normalized spacial score (nSPS) is 9.90. The highest BCUT2D eigenvalue weighted by atomic mass is 16.5. The lowest BCUT2D eigenvalue weighted by Gasteiger charge is -2.10. The Kier molecular flexibility index (Phi) is 4.05. The van der Waals surface area contributed by atoms with Gasteiger partial charge >= 0.3 is 0 Å². The number of methoxy groups -OCH3 is 2. The van der Waals surface area contributed by atoms with Crippen LogP contribution in [-0.4, -0.2) is 25.1 Å². The van der Waals surface area contributed by atoms with E-state index in [9.17, 15) is 4.79 Å². The number of nitrogens with zero attached hydrogens (tertiary/aromatic N) is 1. The number of aromatic nitrogens is 1. The summed E-state index contributed by atoms with van der Waals surface area (Å²) < 4.78 is 10.3. The molecule has 0 radical (unpaired) electrons. The van der Waals surface area contributed by atoms with E-state index in [0.29, 0.717) is 22.7 Å². The Morgan fingerprint density at radius 3 is 2.40 bits per heavy atom. The minimum atomic E-state index is -0.342. The van der Waals surface area contributed by atoms with Gasteiger partial charge in [-0.2, -0.15) is 0 Å². The van der Waals surface area contributed by atoms with Gasteiger partial charge in [-0.1, -0.05) is 0 Å². The molecule has 0 aliphatic heterocycles. The van der Waals surface area contributed by atoms with Gasteiger partial charge in [0.2, 0.25) is 0 Å². The second kappa shape index (κ2) is 5.92. The molecular weight excluding hydrogens is 258 g/mol. The molecule has 0 saturated carbocycles. The molecule has 0 unspecified atom stereocenters. The zero-order chi connectivity index (χ0) is 14.5. The number of hydrogen-bond acceptors (Lipinski definition) is 5. The molecule has 1 aromatic carbocycles. The third-order valence-corrected chi connectivity index (χ3v) is 2.69. The maximum Gasteiger partial charge on any atom is 0.259 e. The van der Waals surface area contributed by atoms with Crippen molar-refractivity contribution in [1.82, 2.24) is 4.98 Å². The van der Waals surface area contributed by atoms with Gasteiger partial charge in [0.15, 0.2) is 0 Å². The van der Waals surface area contributed by atoms with Crippen LogP contribution in [-0.2, 0) is 0 Å². The first-order valence-electron chi connectivity index (χ1n) is 5.89. The number of benzene rings is 1. The lowest BCUT2D eigenvalue weighted by Crippen LogP contribution is -2.14. The molecule has 1 heterocycles. The molecular formula is C14H15N3O3. The van der Waals surface area contributed by atoms with Gasteiger partial charge in [0, 0.05) is 30.1 Å². The molecule has 1 aromatic heterocycles. The van der Waals surface area contributed by atoms with Crippen LogP contribution >= 0.6 is 0 Å². The number of pyridine rings is 1. The van der Waals surface area contributed by atoms with Gasteiger partial charge in [-0.15, -0.1) is 0 Å². The zero-order valence-electron chi connectivity index (χ0n) is 11.2. The number of carbonyl (C=O) groups excluding carboxylic acids is 1. The predicted octanol–water partition coefficient (Wildman–Crippen LogP) is 1.93. The van der Waals surface area contributed by atoms with E-state index in [1.54, 1.807) is 44.6 Å². The summed E-state index contributed by atoms with van der Waals surface area (Å²) >= 11 is 0. The fourth-order valence-electron chi connectivity index (χ4n) is 1.69. The van der Waals surface area contributed by atoms with E-state index in [4.69, 9.17) is 15.2 Å². The van der Waals surface area contributed by atoms with Crippen molar-refractivity contribution >= 4 is 17.4 Å². The maximum atomic E-state index is 12.1. The molecule has 6 heteroatoms. The first-order valence-corrected chi connectivity index (χ1v) is 5.89. The Morgan fingerprint density at radius 1 is 1.20 bits per heavy atom. The standard InChI is InChI=1S/C14H15N3O3/c1-19-10-6-9(7-11(8-10)20-2)17-14(18)12-4-3-5-16-13(12)15/h3-8H,1-2H3,(H2,15,16)(H,17,18). The number of ether oxygens (including phenoxy) is 2. The van der Waals surface area contributed by atoms with E-state index in [0.717, 1.165) is 0 Å². The van der Waals surface area contributed by atoms with Gasteiger partial charge in [0.25, 0.3) is 5.91 Å². The van der Waals surface area contributed by atoms with Crippen molar-refractivity contribution in [1.29, 1.82) is 0 Å². The summed E-state index contributed by atoms with van der Waals surface area (Å²) in [5.41, 5.74) is 6.53. The Bertz CT molecular complexity index is 607. The number of carbonyl (C=O) groups is 1. The molecule has 0 bridgehead atoms. The van der Waals surface area contributed by atoms with Crippen LogP contribution in [0.25, 0.3) is 0 Å². The van der Waals surface area contributed by atoms with Gasteiger partial charge < -0.3 is 20.5 Å². The Morgan fingerprint density at radius 2 is 1.85 bits per heavy atom. The zero-order valence-corrected chi connectivity index (χ0v) is 11.2. The average molecular weight is 273 g/mol. The SMILES string of the molecule is COc1cc(NC(=O)c2cccnc2N)cc(OC)c1. The quantitative estimate of drug-likeness (QED) is 0.889. The molecule has 3 N–H and O–H groups in total. The van der Waals surface area contributed by atoms with Crippen LogP contribution in [0.5, 0.6) is 11.5 Å². The minimum absolute atomic E-state index is 0.180. The number of nitrogens with two attached hydrogens (primary N) is 1. The number of hydrogen-bond donors (Lipinski definition) is 2. The summed E-state index contributed by atoms with van der Waals surface area (Å²) in [6.07, 6.45) is 1.53. The van der Waals surface area contributed by atoms with Gasteiger partial charge in [0.05, 0.1) is 19.8 Å². The van der Waals surface area contributed by atoms with Gasteiger partial charge in [-0.25, -0.2) is 4.98 Å². The molecule has 0 spiro atoms. The maximum absolute atomic E-state index is 12.1. The summed E-state index contributed by atoms with van der Waals surface area (Å²) in [4.78, 5) is 16.0. The van der Waals surface area contributed by atoms with Crippen LogP contribution in [0.3, 0.4) is 0 Å². The van der Waals surface area contributed by atoms with E-state index >= 15 is 0 Å². The number of nitrogens with one attached hydrogen (secondary N) is 1. The van der Waals surface area contributed by atoms with Gasteiger partial charge in [0.1, 0.15) is 17.3 Å². The monoisotopic (exact) mass is 273 g/mol. The topological polar surface area (TPSA) is 86.5 Å². The van der Waals surface area contributed by atoms with E-state index < -0.39 is 0 Å². The van der Waals surface area contributed by atoms with Crippen LogP contribution in [0.15, 0.2) is 36.5 Å². The highest BCUT2D eigenvalue weighted by Gasteiger charge is 2.11. The van der Waals surface area contributed by atoms with Crippen LogP contribution in [0.4, 0.5) is 11.5 Å². The third-order valence-electron chi connectivity index (χ3n) is 2.69. The highest BCUT2D eigenvalue weighted by Crippen LogP contribution is 2.26. The lowest BCUT2D eigenvalue weighted by atomic mass is 10.2. The van der Waals surface area contributed by atoms with Gasteiger partial charge in [-0.3, -0.25) is 4.79 Å². The fraction of sp³-hybridized carbons (Fsp3) is 0.143. The van der Waals surface area contributed by atoms with E-state index in [-0.39, 0.29) is 11.7 Å². The van der Waals surface area contributed by atoms with Gasteiger partial charge in [-0.05, 0) is 12.1 Å². The summed E-state index contributed by atoms with van der Waals surface area (Å²) in [6, 6.07) is 8.35. The molecule has 0 fully saturated rings. The molecule has 0 aliphatic carbocycles. The Hall–Kier alpha value is -2.76. The van der Waals surface area contributed by atoms with E-state index in [2.05, 4.69) is 10.3 Å².